The van der Waals surface area contributed by atoms with Crippen molar-refractivity contribution in [3.8, 4) is 0 Å². The van der Waals surface area contributed by atoms with Gasteiger partial charge in [0.2, 0.25) is 5.89 Å². The number of nitrogens with zero attached hydrogens (tertiary/aromatic N) is 4. The lowest BCUT2D eigenvalue weighted by Crippen LogP contribution is -2.26. The van der Waals surface area contributed by atoms with Gasteiger partial charge in [-0.15, -0.1) is 11.3 Å². The number of aryl methyl sites for hydroxylation is 3. The molecule has 8 heteroatoms. The van der Waals surface area contributed by atoms with Crippen LogP contribution in [0.4, 0.5) is 0 Å². The Morgan fingerprint density at radius 1 is 1.27 bits per heavy atom. The molecule has 26 heavy (non-hydrogen) atoms. The third-order valence-corrected chi connectivity index (χ3v) is 7.08. The van der Waals surface area contributed by atoms with Crippen LogP contribution in [0.1, 0.15) is 60.8 Å². The first-order valence-corrected chi connectivity index (χ1v) is 10.8. The van der Waals surface area contributed by atoms with E-state index >= 15 is 0 Å². The molecule has 0 amide bonds. The van der Waals surface area contributed by atoms with Crippen LogP contribution in [0.2, 0.25) is 0 Å². The minimum absolute atomic E-state index is 0.103. The quantitative estimate of drug-likeness (QED) is 0.474. The first kappa shape index (κ1) is 17.7. The van der Waals surface area contributed by atoms with Crippen LogP contribution >= 0.6 is 23.1 Å². The van der Waals surface area contributed by atoms with Crippen LogP contribution in [-0.4, -0.2) is 19.7 Å². The van der Waals surface area contributed by atoms with E-state index in [1.807, 2.05) is 18.4 Å². The molecule has 0 N–H and O–H groups in total. The predicted molar refractivity (Wildman–Crippen MR) is 104 cm³/mol. The van der Waals surface area contributed by atoms with Crippen LogP contribution in [0.25, 0.3) is 10.2 Å². The summed E-state index contributed by atoms with van der Waals surface area (Å²) in [7, 11) is 0. The molecule has 138 valence electrons. The Balaban J connectivity index is 1.76. The first-order valence-electron chi connectivity index (χ1n) is 9.05. The highest BCUT2D eigenvalue weighted by Gasteiger charge is 2.25. The summed E-state index contributed by atoms with van der Waals surface area (Å²) in [5.74, 6) is 1.82. The summed E-state index contributed by atoms with van der Waals surface area (Å²) < 4.78 is 7.22. The largest absolute Gasteiger partial charge is 0.338 e. The molecule has 1 saturated carbocycles. The molecule has 6 nitrogen and oxygen atoms in total. The molecule has 0 unspecified atom stereocenters. The van der Waals surface area contributed by atoms with Crippen molar-refractivity contribution in [1.82, 2.24) is 19.7 Å². The average Bonchev–Trinajstić information content (AvgIpc) is 3.35. The van der Waals surface area contributed by atoms with Crippen molar-refractivity contribution in [2.75, 3.05) is 0 Å². The Bertz CT molecular complexity index is 999. The van der Waals surface area contributed by atoms with E-state index in [0.29, 0.717) is 17.5 Å². The summed E-state index contributed by atoms with van der Waals surface area (Å²) >= 11 is 3.12. The van der Waals surface area contributed by atoms with E-state index in [2.05, 4.69) is 17.1 Å². The minimum atomic E-state index is 0.103. The normalized spacial score (nSPS) is 15.3. The van der Waals surface area contributed by atoms with E-state index in [0.717, 1.165) is 45.1 Å². The van der Waals surface area contributed by atoms with Gasteiger partial charge in [0.15, 0.2) is 11.0 Å². The van der Waals surface area contributed by atoms with Crippen LogP contribution < -0.4 is 5.56 Å². The van der Waals surface area contributed by atoms with Crippen LogP contribution in [-0.2, 0) is 12.2 Å². The SMILES string of the molecule is CCc1noc(CSc2nc3sc(C)c(C)c3c(=O)n2C2CCCC2)n1. The Kier molecular flexibility index (Phi) is 4.88. The molecule has 0 bridgehead atoms. The second-order valence-corrected chi connectivity index (χ2v) is 8.86. The Morgan fingerprint density at radius 3 is 2.73 bits per heavy atom. The highest BCUT2D eigenvalue weighted by Crippen LogP contribution is 2.35. The van der Waals surface area contributed by atoms with E-state index in [4.69, 9.17) is 9.51 Å². The second-order valence-electron chi connectivity index (χ2n) is 6.72. The third-order valence-electron chi connectivity index (χ3n) is 5.04. The molecule has 3 aromatic rings. The second kappa shape index (κ2) is 7.15. The third kappa shape index (κ3) is 3.09. The zero-order valence-electron chi connectivity index (χ0n) is 15.2. The predicted octanol–water partition coefficient (Wildman–Crippen LogP) is 4.43. The summed E-state index contributed by atoms with van der Waals surface area (Å²) in [5.41, 5.74) is 1.17. The van der Waals surface area contributed by atoms with Gasteiger partial charge in [-0.1, -0.05) is 36.7 Å². The lowest BCUT2D eigenvalue weighted by molar-refractivity contribution is 0.385. The van der Waals surface area contributed by atoms with Gasteiger partial charge in [-0.05, 0) is 32.3 Å². The maximum atomic E-state index is 13.3. The van der Waals surface area contributed by atoms with E-state index < -0.39 is 0 Å². The average molecular weight is 391 g/mol. The van der Waals surface area contributed by atoms with Crippen molar-refractivity contribution in [3.63, 3.8) is 0 Å². The molecule has 4 rings (SSSR count). The molecular formula is C18H22N4O2S2. The zero-order valence-corrected chi connectivity index (χ0v) is 16.9. The number of aromatic nitrogens is 4. The van der Waals surface area contributed by atoms with Crippen molar-refractivity contribution >= 4 is 33.3 Å². The molecule has 0 spiro atoms. The summed E-state index contributed by atoms with van der Waals surface area (Å²) in [6.45, 7) is 6.07. The molecule has 3 heterocycles. The highest BCUT2D eigenvalue weighted by atomic mass is 32.2. The fourth-order valence-corrected chi connectivity index (χ4v) is 5.47. The van der Waals surface area contributed by atoms with E-state index in [-0.39, 0.29) is 11.6 Å². The fourth-order valence-electron chi connectivity index (χ4n) is 3.49. The molecule has 0 aliphatic heterocycles. The summed E-state index contributed by atoms with van der Waals surface area (Å²) in [6, 6.07) is 0.246. The minimum Gasteiger partial charge on any atom is -0.338 e. The Labute approximate surface area is 160 Å². The van der Waals surface area contributed by atoms with Gasteiger partial charge >= 0.3 is 0 Å². The standard InChI is InChI=1S/C18H22N4O2S2/c1-4-13-19-14(24-21-13)9-25-18-20-16-15(10(2)11(3)26-16)17(23)22(18)12-7-5-6-8-12/h12H,4-9H2,1-3H3. The number of rotatable bonds is 5. The Morgan fingerprint density at radius 2 is 2.04 bits per heavy atom. The van der Waals surface area contributed by atoms with Gasteiger partial charge in [-0.2, -0.15) is 4.98 Å². The van der Waals surface area contributed by atoms with Gasteiger partial charge in [-0.3, -0.25) is 9.36 Å². The molecule has 0 saturated heterocycles. The van der Waals surface area contributed by atoms with Crippen LogP contribution in [0, 0.1) is 13.8 Å². The van der Waals surface area contributed by atoms with Gasteiger partial charge in [0, 0.05) is 17.3 Å². The molecule has 3 aromatic heterocycles. The van der Waals surface area contributed by atoms with Crippen molar-refractivity contribution < 1.29 is 4.52 Å². The van der Waals surface area contributed by atoms with Gasteiger partial charge in [0.1, 0.15) is 4.83 Å². The number of hydrogen-bond acceptors (Lipinski definition) is 7. The Hall–Kier alpha value is -1.67. The zero-order chi connectivity index (χ0) is 18.3. The van der Waals surface area contributed by atoms with Gasteiger partial charge in [0.05, 0.1) is 11.1 Å². The van der Waals surface area contributed by atoms with E-state index in [1.54, 1.807) is 11.3 Å². The highest BCUT2D eigenvalue weighted by molar-refractivity contribution is 7.98. The van der Waals surface area contributed by atoms with Crippen molar-refractivity contribution in [2.45, 2.75) is 69.8 Å². The summed E-state index contributed by atoms with van der Waals surface area (Å²) in [4.78, 5) is 24.5. The number of fused-ring (bicyclic) bond motifs is 1. The van der Waals surface area contributed by atoms with E-state index in [1.165, 1.54) is 24.6 Å². The molecule has 0 atom stereocenters. The summed E-state index contributed by atoms with van der Waals surface area (Å²) in [5, 5.41) is 5.50. The first-order chi connectivity index (χ1) is 12.6. The van der Waals surface area contributed by atoms with Crippen molar-refractivity contribution in [1.29, 1.82) is 0 Å². The monoisotopic (exact) mass is 390 g/mol. The van der Waals surface area contributed by atoms with Crippen molar-refractivity contribution in [2.24, 2.45) is 0 Å². The topological polar surface area (TPSA) is 73.8 Å². The van der Waals surface area contributed by atoms with Crippen LogP contribution in [0.5, 0.6) is 0 Å². The maximum absolute atomic E-state index is 13.3. The summed E-state index contributed by atoms with van der Waals surface area (Å²) in [6.07, 6.45) is 5.18. The molecule has 1 aliphatic rings. The smallest absolute Gasteiger partial charge is 0.263 e. The number of hydrogen-bond donors (Lipinski definition) is 0. The maximum Gasteiger partial charge on any atom is 0.263 e. The lowest BCUT2D eigenvalue weighted by atomic mass is 10.2. The number of thioether (sulfide) groups is 1. The number of thiophene rings is 1. The fraction of sp³-hybridized carbons (Fsp3) is 0.556. The molecular weight excluding hydrogens is 368 g/mol. The molecule has 1 fully saturated rings. The molecule has 0 radical (unpaired) electrons. The lowest BCUT2D eigenvalue weighted by Gasteiger charge is -2.17. The van der Waals surface area contributed by atoms with Crippen molar-refractivity contribution in [3.05, 3.63) is 32.5 Å². The molecule has 1 aliphatic carbocycles. The van der Waals surface area contributed by atoms with Gasteiger partial charge in [-0.25, -0.2) is 4.98 Å². The van der Waals surface area contributed by atoms with Crippen LogP contribution in [0.3, 0.4) is 0 Å². The molecule has 0 aromatic carbocycles. The van der Waals surface area contributed by atoms with Crippen LogP contribution in [0.15, 0.2) is 14.5 Å². The van der Waals surface area contributed by atoms with E-state index in [9.17, 15) is 4.79 Å². The van der Waals surface area contributed by atoms with Gasteiger partial charge in [0.25, 0.3) is 5.56 Å². The van der Waals surface area contributed by atoms with Gasteiger partial charge < -0.3 is 4.52 Å².